The van der Waals surface area contributed by atoms with Gasteiger partial charge in [-0.15, -0.1) is 0 Å². The normalized spacial score (nSPS) is 13.4. The SMILES string of the molecule is Cc1ccn2nc(C(N)CO)cc2c1. The summed E-state index contributed by atoms with van der Waals surface area (Å²) in [6, 6.07) is 5.51. The van der Waals surface area contributed by atoms with Gasteiger partial charge in [-0.25, -0.2) is 4.52 Å². The quantitative estimate of drug-likeness (QED) is 0.732. The third-order valence-corrected chi connectivity index (χ3v) is 2.21. The van der Waals surface area contributed by atoms with E-state index in [4.69, 9.17) is 10.8 Å². The Balaban J connectivity index is 2.51. The number of aliphatic hydroxyl groups excluding tert-OH is 1. The Morgan fingerprint density at radius 3 is 3.07 bits per heavy atom. The molecule has 0 saturated heterocycles. The number of fused-ring (bicyclic) bond motifs is 1. The summed E-state index contributed by atoms with van der Waals surface area (Å²) in [5, 5.41) is 13.1. The summed E-state index contributed by atoms with van der Waals surface area (Å²) in [4.78, 5) is 0. The predicted octanol–water partition coefficient (Wildman–Crippen LogP) is 0.635. The van der Waals surface area contributed by atoms with E-state index in [-0.39, 0.29) is 6.61 Å². The van der Waals surface area contributed by atoms with Gasteiger partial charge >= 0.3 is 0 Å². The zero-order valence-electron chi connectivity index (χ0n) is 8.01. The van der Waals surface area contributed by atoms with Crippen molar-refractivity contribution in [2.45, 2.75) is 13.0 Å². The van der Waals surface area contributed by atoms with Gasteiger partial charge in [-0.05, 0) is 30.7 Å². The van der Waals surface area contributed by atoms with Gasteiger partial charge in [0.25, 0.3) is 0 Å². The number of aromatic nitrogens is 2. The highest BCUT2D eigenvalue weighted by Gasteiger charge is 2.08. The van der Waals surface area contributed by atoms with E-state index in [1.54, 1.807) is 4.52 Å². The fourth-order valence-electron chi connectivity index (χ4n) is 1.40. The van der Waals surface area contributed by atoms with Gasteiger partial charge in [0.15, 0.2) is 0 Å². The lowest BCUT2D eigenvalue weighted by Gasteiger charge is -2.01. The van der Waals surface area contributed by atoms with Gasteiger partial charge < -0.3 is 10.8 Å². The number of aliphatic hydroxyl groups is 1. The van der Waals surface area contributed by atoms with Crippen molar-refractivity contribution in [3.63, 3.8) is 0 Å². The molecule has 2 aromatic rings. The Bertz CT molecular complexity index is 450. The Hall–Kier alpha value is -1.39. The molecule has 0 aliphatic heterocycles. The fourth-order valence-corrected chi connectivity index (χ4v) is 1.40. The molecule has 0 spiro atoms. The van der Waals surface area contributed by atoms with Crippen molar-refractivity contribution in [2.24, 2.45) is 5.73 Å². The second-order valence-corrected chi connectivity index (χ2v) is 3.43. The monoisotopic (exact) mass is 191 g/mol. The highest BCUT2D eigenvalue weighted by atomic mass is 16.3. The van der Waals surface area contributed by atoms with Gasteiger partial charge in [0.1, 0.15) is 0 Å². The molecule has 0 aromatic carbocycles. The molecule has 3 N–H and O–H groups in total. The van der Waals surface area contributed by atoms with Crippen LogP contribution in [-0.2, 0) is 0 Å². The number of hydrogen-bond donors (Lipinski definition) is 2. The highest BCUT2D eigenvalue weighted by molar-refractivity contribution is 5.49. The lowest BCUT2D eigenvalue weighted by atomic mass is 10.2. The number of pyridine rings is 1. The van der Waals surface area contributed by atoms with E-state index < -0.39 is 6.04 Å². The van der Waals surface area contributed by atoms with Gasteiger partial charge in [0, 0.05) is 6.20 Å². The Morgan fingerprint density at radius 1 is 1.57 bits per heavy atom. The molecule has 0 fully saturated rings. The lowest BCUT2D eigenvalue weighted by molar-refractivity contribution is 0.265. The van der Waals surface area contributed by atoms with Crippen LogP contribution in [0.1, 0.15) is 17.3 Å². The van der Waals surface area contributed by atoms with E-state index in [1.165, 1.54) is 5.56 Å². The molecule has 0 bridgehead atoms. The second kappa shape index (κ2) is 3.40. The molecule has 0 saturated carbocycles. The zero-order chi connectivity index (χ0) is 10.1. The summed E-state index contributed by atoms with van der Waals surface area (Å²) in [5.41, 5.74) is 8.58. The van der Waals surface area contributed by atoms with Crippen LogP contribution in [0.3, 0.4) is 0 Å². The molecule has 0 aliphatic rings. The molecule has 0 amide bonds. The Labute approximate surface area is 82.0 Å². The van der Waals surface area contributed by atoms with Crippen LogP contribution in [-0.4, -0.2) is 21.3 Å². The molecule has 2 heterocycles. The average molecular weight is 191 g/mol. The Morgan fingerprint density at radius 2 is 2.36 bits per heavy atom. The van der Waals surface area contributed by atoms with Crippen LogP contribution in [0.5, 0.6) is 0 Å². The average Bonchev–Trinajstić information content (AvgIpc) is 2.59. The van der Waals surface area contributed by atoms with Crippen molar-refractivity contribution in [3.05, 3.63) is 35.7 Å². The van der Waals surface area contributed by atoms with Crippen molar-refractivity contribution in [2.75, 3.05) is 6.61 Å². The molecule has 4 heteroatoms. The van der Waals surface area contributed by atoms with Crippen LogP contribution < -0.4 is 5.73 Å². The van der Waals surface area contributed by atoms with Gasteiger partial charge in [0.2, 0.25) is 0 Å². The standard InChI is InChI=1S/C10H13N3O/c1-7-2-3-13-8(4-7)5-10(12-13)9(11)6-14/h2-5,9,14H,6,11H2,1H3. The molecule has 74 valence electrons. The van der Waals surface area contributed by atoms with Crippen molar-refractivity contribution >= 4 is 5.52 Å². The van der Waals surface area contributed by atoms with Crippen LogP contribution in [0.25, 0.3) is 5.52 Å². The van der Waals surface area contributed by atoms with Gasteiger partial charge in [-0.3, -0.25) is 0 Å². The first-order valence-corrected chi connectivity index (χ1v) is 4.53. The molecule has 14 heavy (non-hydrogen) atoms. The highest BCUT2D eigenvalue weighted by Crippen LogP contribution is 2.12. The van der Waals surface area contributed by atoms with E-state index in [0.717, 1.165) is 11.2 Å². The smallest absolute Gasteiger partial charge is 0.0825 e. The molecule has 2 rings (SSSR count). The topological polar surface area (TPSA) is 63.5 Å². The maximum atomic E-state index is 8.89. The van der Waals surface area contributed by atoms with E-state index in [2.05, 4.69) is 5.10 Å². The van der Waals surface area contributed by atoms with Crippen molar-refractivity contribution in [1.29, 1.82) is 0 Å². The van der Waals surface area contributed by atoms with Crippen LogP contribution >= 0.6 is 0 Å². The molecule has 4 nitrogen and oxygen atoms in total. The number of rotatable bonds is 2. The van der Waals surface area contributed by atoms with Gasteiger partial charge in [-0.2, -0.15) is 5.10 Å². The summed E-state index contributed by atoms with van der Waals surface area (Å²) in [6.07, 6.45) is 1.89. The summed E-state index contributed by atoms with van der Waals surface area (Å²) in [7, 11) is 0. The minimum atomic E-state index is -0.393. The summed E-state index contributed by atoms with van der Waals surface area (Å²) in [6.45, 7) is 1.95. The van der Waals surface area contributed by atoms with Crippen molar-refractivity contribution < 1.29 is 5.11 Å². The summed E-state index contributed by atoms with van der Waals surface area (Å²) >= 11 is 0. The fraction of sp³-hybridized carbons (Fsp3) is 0.300. The van der Waals surface area contributed by atoms with Crippen LogP contribution in [0, 0.1) is 6.92 Å². The summed E-state index contributed by atoms with van der Waals surface area (Å²) < 4.78 is 1.76. The largest absolute Gasteiger partial charge is 0.394 e. The molecular weight excluding hydrogens is 178 g/mol. The number of hydrogen-bond acceptors (Lipinski definition) is 3. The first kappa shape index (κ1) is 9.18. The minimum absolute atomic E-state index is 0.0805. The maximum Gasteiger partial charge on any atom is 0.0825 e. The van der Waals surface area contributed by atoms with Crippen LogP contribution in [0.2, 0.25) is 0 Å². The first-order valence-electron chi connectivity index (χ1n) is 4.53. The molecule has 0 radical (unpaired) electrons. The van der Waals surface area contributed by atoms with E-state index in [9.17, 15) is 0 Å². The minimum Gasteiger partial charge on any atom is -0.394 e. The summed E-state index contributed by atoms with van der Waals surface area (Å²) in [5.74, 6) is 0. The third-order valence-electron chi connectivity index (χ3n) is 2.21. The molecule has 1 unspecified atom stereocenters. The second-order valence-electron chi connectivity index (χ2n) is 3.43. The van der Waals surface area contributed by atoms with E-state index in [1.807, 2.05) is 31.3 Å². The van der Waals surface area contributed by atoms with Crippen LogP contribution in [0.15, 0.2) is 24.4 Å². The predicted molar refractivity (Wildman–Crippen MR) is 53.9 cm³/mol. The Kier molecular flexibility index (Phi) is 2.23. The van der Waals surface area contributed by atoms with Crippen molar-refractivity contribution in [1.82, 2.24) is 9.61 Å². The molecule has 0 aliphatic carbocycles. The van der Waals surface area contributed by atoms with Crippen molar-refractivity contribution in [3.8, 4) is 0 Å². The number of nitrogens with zero attached hydrogens (tertiary/aromatic N) is 2. The third kappa shape index (κ3) is 1.49. The number of aryl methyl sites for hydroxylation is 1. The zero-order valence-corrected chi connectivity index (χ0v) is 8.01. The van der Waals surface area contributed by atoms with E-state index >= 15 is 0 Å². The van der Waals surface area contributed by atoms with E-state index in [0.29, 0.717) is 0 Å². The van der Waals surface area contributed by atoms with Gasteiger partial charge in [0.05, 0.1) is 23.9 Å². The van der Waals surface area contributed by atoms with Gasteiger partial charge in [-0.1, -0.05) is 0 Å². The van der Waals surface area contributed by atoms with Crippen LogP contribution in [0.4, 0.5) is 0 Å². The molecule has 1 atom stereocenters. The molecular formula is C10H13N3O. The maximum absolute atomic E-state index is 8.89. The lowest BCUT2D eigenvalue weighted by Crippen LogP contribution is -2.14. The first-order chi connectivity index (χ1) is 6.70. The number of nitrogens with two attached hydrogens (primary N) is 1. The molecule has 2 aromatic heterocycles.